The summed E-state index contributed by atoms with van der Waals surface area (Å²) in [6.45, 7) is 51.6. The van der Waals surface area contributed by atoms with Gasteiger partial charge in [0.1, 0.15) is 6.04 Å². The zero-order valence-corrected chi connectivity index (χ0v) is 64.2. The molecule has 2 aromatic rings. The van der Waals surface area contributed by atoms with Crippen molar-refractivity contribution < 1.29 is 38.7 Å². The number of aromatic nitrogens is 8. The van der Waals surface area contributed by atoms with E-state index >= 15 is 0 Å². The molecule has 9 N–H and O–H groups in total. The van der Waals surface area contributed by atoms with Gasteiger partial charge in [0, 0.05) is 46.8 Å². The quantitative estimate of drug-likeness (QED) is 0.0725. The summed E-state index contributed by atoms with van der Waals surface area (Å²) >= 11 is 0. The van der Waals surface area contributed by atoms with Crippen LogP contribution in [0.3, 0.4) is 0 Å². The molecule has 4 heterocycles. The summed E-state index contributed by atoms with van der Waals surface area (Å²) in [6.07, 6.45) is 17.0. The maximum atomic E-state index is 13.4. The number of carboxylic acid groups (broad SMARTS) is 2. The van der Waals surface area contributed by atoms with Gasteiger partial charge in [0.15, 0.2) is 0 Å². The molecule has 0 spiro atoms. The molecule has 97 heavy (non-hydrogen) atoms. The Morgan fingerprint density at radius 3 is 1.44 bits per heavy atom. The molecule has 10 aliphatic rings. The normalized spacial score (nSPS) is 43.7. The maximum Gasteiger partial charge on any atom is 0.307 e. The van der Waals surface area contributed by atoms with E-state index in [1.54, 1.807) is 17.4 Å². The summed E-state index contributed by atoms with van der Waals surface area (Å²) in [5.41, 5.74) is 13.9. The predicted octanol–water partition coefficient (Wildman–Crippen LogP) is 13.8. The fourth-order valence-electron chi connectivity index (χ4n) is 24.1. The van der Waals surface area contributed by atoms with Crippen LogP contribution in [0.1, 0.15) is 228 Å². The van der Waals surface area contributed by atoms with E-state index in [0.29, 0.717) is 97.5 Å². The van der Waals surface area contributed by atoms with Crippen LogP contribution in [0, 0.1) is 131 Å². The lowest BCUT2D eigenvalue weighted by Crippen LogP contribution is -2.69. The van der Waals surface area contributed by atoms with Crippen molar-refractivity contribution in [2.75, 3.05) is 64.4 Å². The Kier molecular flexibility index (Phi) is 20.5. The first-order valence-electron chi connectivity index (χ1n) is 37.8. The van der Waals surface area contributed by atoms with Crippen LogP contribution in [0.5, 0.6) is 0 Å². The number of hydrogen-bond acceptors (Lipinski definition) is 16. The highest BCUT2D eigenvalue weighted by molar-refractivity contribution is 5.74. The predicted molar refractivity (Wildman–Crippen MR) is 381 cm³/mol. The van der Waals surface area contributed by atoms with E-state index in [0.717, 1.165) is 83.8 Å². The average molecular weight is 1350 g/mol. The molecular formula is C77H132N12O8. The monoisotopic (exact) mass is 1350 g/mol. The molecule has 548 valence electrons. The summed E-state index contributed by atoms with van der Waals surface area (Å²) < 4.78 is 27.1. The van der Waals surface area contributed by atoms with Crippen molar-refractivity contribution in [1.82, 2.24) is 40.8 Å². The van der Waals surface area contributed by atoms with E-state index in [1.807, 2.05) is 7.05 Å². The summed E-state index contributed by atoms with van der Waals surface area (Å²) in [4.78, 5) is 28.5. The number of carboxylic acids is 2. The van der Waals surface area contributed by atoms with Crippen molar-refractivity contribution >= 4 is 23.8 Å². The minimum absolute atomic E-state index is 0.0221. The van der Waals surface area contributed by atoms with Gasteiger partial charge in [-0.2, -0.15) is 10.0 Å². The summed E-state index contributed by atoms with van der Waals surface area (Å²) in [5, 5.41) is 54.1. The van der Waals surface area contributed by atoms with Crippen molar-refractivity contribution in [2.24, 2.45) is 143 Å². The van der Waals surface area contributed by atoms with Crippen LogP contribution in [-0.2, 0) is 28.5 Å². The Morgan fingerprint density at radius 2 is 1.06 bits per heavy atom. The number of nitrogens with two attached hydrogens (primary N) is 2. The molecule has 0 radical (unpaired) electrons. The third-order valence-electron chi connectivity index (χ3n) is 31.8. The number of ether oxygens (including phenoxy) is 4. The second kappa shape index (κ2) is 26.3. The van der Waals surface area contributed by atoms with Crippen LogP contribution in [0.25, 0.3) is 0 Å². The number of nitrogens with one attached hydrogen (secondary N) is 3. The van der Waals surface area contributed by atoms with Crippen LogP contribution in [0.2, 0.25) is 0 Å². The van der Waals surface area contributed by atoms with E-state index in [1.165, 1.54) is 12.0 Å². The number of H-pyrrole nitrogens is 1. The van der Waals surface area contributed by atoms with Gasteiger partial charge in [0.05, 0.1) is 63.7 Å². The number of nitrogens with zero attached hydrogens (tertiary/aromatic N) is 7. The summed E-state index contributed by atoms with van der Waals surface area (Å²) in [6, 6.07) is -0.151. The van der Waals surface area contributed by atoms with Gasteiger partial charge < -0.3 is 51.3 Å². The molecule has 3 unspecified atom stereocenters. The standard InChI is InChI=1S/C38H64N6O4.C37H63NO4.C2H5N5/c1-22(2)24(5)33(6)16-17-35(8)25-12-13-28-34(7)19-47-21-38(28,26(25)14-15-36(35,9)29(33)31(45)46)18-27(44-42-32(40-11)41-43-44)30(34)48-20-37(10,39)23(3)4;1-22(2)25(6)32(7)16-17-34(9)26-12-13-28-33(8)19-41-21-37(28,27(26)14-15-35(34,10)29(32)31(39)40)18-24(5)30(33)42-20-36(11,38)23(3)4;1-3-2-4-6-7-5-2/h14,22-25,27-30H,12-13,15-21,39H2,1-11H3,(H,40,42)(H,45,46);14,22-26,28-30H,12-13,15-21,38H2,1-11H3,(H,39,40);1H3,(H2,3,4,5,6,7)/t24-,25+,27-,28+,29?,30+,33-,34+,35-,36+,37?,38+;24-,25-,26+,28+,29-,30+,32-,33+,34-,35+,36?,37+;/m11./s1. The fourth-order valence-corrected chi connectivity index (χ4v) is 24.1. The third kappa shape index (κ3) is 11.7. The van der Waals surface area contributed by atoms with Crippen LogP contribution < -0.4 is 22.1 Å². The Hall–Kier alpha value is -4.08. The largest absolute Gasteiger partial charge is 0.481 e. The van der Waals surface area contributed by atoms with Crippen LogP contribution >= 0.6 is 0 Å². The van der Waals surface area contributed by atoms with Gasteiger partial charge in [-0.05, 0) is 199 Å². The van der Waals surface area contributed by atoms with Gasteiger partial charge in [-0.1, -0.05) is 165 Å². The van der Waals surface area contributed by atoms with Gasteiger partial charge in [-0.25, -0.2) is 0 Å². The van der Waals surface area contributed by atoms with E-state index in [-0.39, 0.29) is 89.8 Å². The number of carbonyl (C=O) groups is 2. The van der Waals surface area contributed by atoms with E-state index in [4.69, 9.17) is 35.5 Å². The smallest absolute Gasteiger partial charge is 0.307 e. The molecule has 2 aromatic heterocycles. The lowest BCUT2D eigenvalue weighted by Gasteiger charge is -2.71. The minimum atomic E-state index is -0.626. The fraction of sp³-hybridized carbons (Fsp3) is 0.896. The average Bonchev–Trinajstić information content (AvgIpc) is 0.872. The first-order valence-corrected chi connectivity index (χ1v) is 37.8. The second-order valence-corrected chi connectivity index (χ2v) is 37.6. The lowest BCUT2D eigenvalue weighted by atomic mass is 9.34. The van der Waals surface area contributed by atoms with Gasteiger partial charge in [-0.15, -0.1) is 10.2 Å². The van der Waals surface area contributed by atoms with Crippen molar-refractivity contribution in [1.29, 1.82) is 0 Å². The third-order valence-corrected chi connectivity index (χ3v) is 31.8. The second-order valence-electron chi connectivity index (χ2n) is 37.6. The molecular weight excluding hydrogens is 1220 g/mol. The zero-order valence-electron chi connectivity index (χ0n) is 64.2. The zero-order chi connectivity index (χ0) is 71.6. The van der Waals surface area contributed by atoms with Crippen molar-refractivity contribution in [3.8, 4) is 0 Å². The number of fused-ring (bicyclic) bond motifs is 6. The Morgan fingerprint density at radius 1 is 0.629 bits per heavy atom. The molecule has 12 rings (SSSR count). The Labute approximate surface area is 582 Å². The molecule has 2 aliphatic heterocycles. The summed E-state index contributed by atoms with van der Waals surface area (Å²) in [5.74, 6) is 3.17. The lowest BCUT2D eigenvalue weighted by molar-refractivity contribution is -0.253. The van der Waals surface area contributed by atoms with E-state index in [9.17, 15) is 19.8 Å². The van der Waals surface area contributed by atoms with Crippen molar-refractivity contribution in [3.63, 3.8) is 0 Å². The SMILES string of the molecule is CC(C)[C@@H](C)[C@@]1(C)CC[C@]2(C)[C@H]3CC[C@@H]4[C@@]5(COC[C@]4(C)[C@@H](OCC(C)(N)C(C)C)[C@H](C)C5)C3=CC[C@@]2(C)[C@@H]1C(=O)O.CNc1nn[nH]n1.CNc1nnn([C@@H]2C[C@@]34COC[C@@](C)([C@@H]3CC[C@H]3C4=CC[C@@]4(C)C(C(=O)O)[C@@](C)([C@H](C)C(C)C)CC[C@]34C)[C@H]2OCC(C)(N)C(C)C)n1. The number of rotatable bonds is 17. The Balaban J connectivity index is 0.000000192. The molecule has 0 aromatic carbocycles. The molecule has 8 aliphatic carbocycles. The van der Waals surface area contributed by atoms with Gasteiger partial charge in [-0.3, -0.25) is 9.59 Å². The highest BCUT2D eigenvalue weighted by Gasteiger charge is 2.74. The number of tetrazole rings is 2. The molecule has 24 atom stereocenters. The van der Waals surface area contributed by atoms with Crippen molar-refractivity contribution in [3.05, 3.63) is 23.3 Å². The van der Waals surface area contributed by atoms with Gasteiger partial charge >= 0.3 is 11.9 Å². The molecule has 20 heteroatoms. The number of aromatic amines is 1. The molecule has 2 saturated heterocycles. The molecule has 0 amide bonds. The van der Waals surface area contributed by atoms with Crippen LogP contribution in [0.15, 0.2) is 23.3 Å². The topological polar surface area (TPSA) is 286 Å². The number of aliphatic carboxylic acids is 2. The first kappa shape index (κ1) is 75.6. The molecule has 6 saturated carbocycles. The first-order chi connectivity index (χ1) is 45.1. The van der Waals surface area contributed by atoms with Crippen LogP contribution in [-0.4, -0.2) is 140 Å². The maximum absolute atomic E-state index is 13.4. The Bertz CT molecular complexity index is 3200. The van der Waals surface area contributed by atoms with E-state index < -0.39 is 23.4 Å². The molecule has 4 bridgehead atoms. The van der Waals surface area contributed by atoms with E-state index in [2.05, 4.69) is 199 Å². The number of allylic oxidation sites excluding steroid dienone is 2. The van der Waals surface area contributed by atoms with Gasteiger partial charge in [0.2, 0.25) is 0 Å². The van der Waals surface area contributed by atoms with Crippen molar-refractivity contribution in [2.45, 2.75) is 252 Å². The summed E-state index contributed by atoms with van der Waals surface area (Å²) in [7, 11) is 3.54. The highest BCUT2D eigenvalue weighted by Crippen LogP contribution is 2.78. The number of anilines is 2. The number of hydrogen-bond donors (Lipinski definition) is 7. The molecule has 8 fully saturated rings. The van der Waals surface area contributed by atoms with Crippen LogP contribution in [0.4, 0.5) is 11.9 Å². The van der Waals surface area contributed by atoms with Gasteiger partial charge in [0.25, 0.3) is 11.9 Å². The molecule has 20 nitrogen and oxygen atoms in total. The minimum Gasteiger partial charge on any atom is -0.481 e. The highest BCUT2D eigenvalue weighted by atomic mass is 16.5.